The first-order chi connectivity index (χ1) is 16.2. The summed E-state index contributed by atoms with van der Waals surface area (Å²) in [6.07, 6.45) is 1.61. The molecule has 1 N–H and O–H groups in total. The molecular weight excluding hydrogens is 455 g/mol. The Balaban J connectivity index is 0.00000342. The molecule has 2 heterocycles. The molecular formula is C25H27FN4O3S. The van der Waals surface area contributed by atoms with Gasteiger partial charge in [0.15, 0.2) is 15.6 Å². The Labute approximate surface area is 199 Å². The van der Waals surface area contributed by atoms with Crippen molar-refractivity contribution >= 4 is 9.84 Å². The Hall–Kier alpha value is -3.43. The first-order valence-electron chi connectivity index (χ1n) is 10.8. The maximum absolute atomic E-state index is 14.6. The predicted molar refractivity (Wildman–Crippen MR) is 130 cm³/mol. The molecule has 0 spiro atoms. The van der Waals surface area contributed by atoms with E-state index in [9.17, 15) is 12.8 Å². The van der Waals surface area contributed by atoms with Gasteiger partial charge < -0.3 is 9.84 Å². The summed E-state index contributed by atoms with van der Waals surface area (Å²) in [4.78, 5) is 9.33. The van der Waals surface area contributed by atoms with Crippen molar-refractivity contribution in [3.63, 3.8) is 0 Å². The van der Waals surface area contributed by atoms with Crippen LogP contribution in [0, 0.1) is 12.7 Å². The van der Waals surface area contributed by atoms with E-state index in [2.05, 4.69) is 20.4 Å². The number of benzene rings is 2. The fraction of sp³-hybridized carbons (Fsp3) is 0.240. The Kier molecular flexibility index (Phi) is 6.58. The fourth-order valence-corrected chi connectivity index (χ4v) is 4.56. The first-order valence-corrected chi connectivity index (χ1v) is 12.3. The van der Waals surface area contributed by atoms with Crippen LogP contribution >= 0.6 is 0 Å². The lowest BCUT2D eigenvalue weighted by molar-refractivity contribution is 0.432. The maximum atomic E-state index is 14.6. The van der Waals surface area contributed by atoms with E-state index in [1.807, 2.05) is 6.07 Å². The zero-order valence-electron chi connectivity index (χ0n) is 19.3. The van der Waals surface area contributed by atoms with Gasteiger partial charge >= 0.3 is 0 Å². The van der Waals surface area contributed by atoms with Crippen molar-refractivity contribution in [1.82, 2.24) is 20.4 Å². The van der Waals surface area contributed by atoms with Crippen molar-refractivity contribution in [1.29, 1.82) is 0 Å². The van der Waals surface area contributed by atoms with Crippen molar-refractivity contribution < 1.29 is 18.8 Å². The molecule has 0 radical (unpaired) electrons. The lowest BCUT2D eigenvalue weighted by atomic mass is 10.1. The van der Waals surface area contributed by atoms with Crippen LogP contribution in [0.1, 0.15) is 26.5 Å². The van der Waals surface area contributed by atoms with Crippen LogP contribution in [0.25, 0.3) is 34.0 Å². The molecule has 0 saturated carbocycles. The number of rotatable bonds is 7. The van der Waals surface area contributed by atoms with Gasteiger partial charge in [-0.05, 0) is 57.6 Å². The topological polar surface area (TPSA) is 98.0 Å². The van der Waals surface area contributed by atoms with Gasteiger partial charge in [0.2, 0.25) is 0 Å². The largest absolute Gasteiger partial charge is 0.354 e. The second-order valence-corrected chi connectivity index (χ2v) is 10.7. The standard InChI is InChI=1S/C25H25FN4O3S.H2/c1-15(2)34(31,32)19-8-6-18(7-9-19)23-14-28-16(3)25(29-23)24-12-22(30-33-24)20-10-5-17(13-27-4)11-21(20)26;/h5-12,14-15,27H,13H2,1-4H3;1H. The van der Waals surface area contributed by atoms with Crippen molar-refractivity contribution in [2.24, 2.45) is 0 Å². The van der Waals surface area contributed by atoms with E-state index in [-0.39, 0.29) is 12.1 Å². The Morgan fingerprint density at radius 1 is 1.09 bits per heavy atom. The molecule has 0 saturated heterocycles. The summed E-state index contributed by atoms with van der Waals surface area (Å²) in [6, 6.07) is 13.1. The smallest absolute Gasteiger partial charge is 0.187 e. The minimum Gasteiger partial charge on any atom is -0.354 e. The zero-order valence-corrected chi connectivity index (χ0v) is 20.1. The van der Waals surface area contributed by atoms with Gasteiger partial charge in [-0.1, -0.05) is 23.4 Å². The highest BCUT2D eigenvalue weighted by atomic mass is 32.2. The highest BCUT2D eigenvalue weighted by Gasteiger charge is 2.20. The van der Waals surface area contributed by atoms with Gasteiger partial charge in [0, 0.05) is 25.2 Å². The molecule has 4 aromatic rings. The van der Waals surface area contributed by atoms with Crippen LogP contribution < -0.4 is 5.32 Å². The van der Waals surface area contributed by atoms with E-state index in [0.29, 0.717) is 46.2 Å². The highest BCUT2D eigenvalue weighted by molar-refractivity contribution is 7.92. The van der Waals surface area contributed by atoms with Gasteiger partial charge in [0.25, 0.3) is 0 Å². The van der Waals surface area contributed by atoms with E-state index in [4.69, 9.17) is 4.52 Å². The normalized spacial score (nSPS) is 11.8. The van der Waals surface area contributed by atoms with Crippen LogP contribution in [0.4, 0.5) is 4.39 Å². The Morgan fingerprint density at radius 3 is 2.47 bits per heavy atom. The first kappa shape index (κ1) is 23.7. The van der Waals surface area contributed by atoms with Crippen molar-refractivity contribution in [3.05, 3.63) is 71.8 Å². The molecule has 34 heavy (non-hydrogen) atoms. The molecule has 2 aromatic heterocycles. The second-order valence-electron chi connectivity index (χ2n) is 8.23. The van der Waals surface area contributed by atoms with Gasteiger partial charge in [-0.3, -0.25) is 4.98 Å². The molecule has 0 aliphatic heterocycles. The molecule has 0 fully saturated rings. The summed E-state index contributed by atoms with van der Waals surface area (Å²) in [6.45, 7) is 5.65. The molecule has 0 atom stereocenters. The summed E-state index contributed by atoms with van der Waals surface area (Å²) in [5, 5.41) is 6.52. The molecule has 9 heteroatoms. The lowest BCUT2D eigenvalue weighted by Gasteiger charge is -2.09. The van der Waals surface area contributed by atoms with Crippen LogP contribution in [-0.2, 0) is 16.4 Å². The Morgan fingerprint density at radius 2 is 1.82 bits per heavy atom. The van der Waals surface area contributed by atoms with Crippen LogP contribution in [-0.4, -0.2) is 35.8 Å². The third-order valence-corrected chi connectivity index (χ3v) is 7.66. The predicted octanol–water partition coefficient (Wildman–Crippen LogP) is 5.06. The number of hydrogen-bond acceptors (Lipinski definition) is 7. The quantitative estimate of drug-likeness (QED) is 0.393. The van der Waals surface area contributed by atoms with Gasteiger partial charge in [-0.15, -0.1) is 0 Å². The van der Waals surface area contributed by atoms with E-state index >= 15 is 0 Å². The minimum atomic E-state index is -3.36. The minimum absolute atomic E-state index is 0. The molecule has 178 valence electrons. The van der Waals surface area contributed by atoms with Crippen LogP contribution in [0.3, 0.4) is 0 Å². The number of nitrogens with zero attached hydrogens (tertiary/aromatic N) is 3. The summed E-state index contributed by atoms with van der Waals surface area (Å²) < 4.78 is 44.9. The second kappa shape index (κ2) is 9.44. The summed E-state index contributed by atoms with van der Waals surface area (Å²) >= 11 is 0. The van der Waals surface area contributed by atoms with E-state index < -0.39 is 15.1 Å². The molecule has 0 aliphatic carbocycles. The molecule has 2 aromatic carbocycles. The zero-order chi connectivity index (χ0) is 24.5. The van der Waals surface area contributed by atoms with Gasteiger partial charge in [-0.2, -0.15) is 0 Å². The lowest BCUT2D eigenvalue weighted by Crippen LogP contribution is -2.13. The van der Waals surface area contributed by atoms with E-state index in [0.717, 1.165) is 5.56 Å². The van der Waals surface area contributed by atoms with Gasteiger partial charge in [0.1, 0.15) is 17.2 Å². The molecule has 4 rings (SSSR count). The fourth-order valence-electron chi connectivity index (χ4n) is 3.50. The van der Waals surface area contributed by atoms with Crippen molar-refractivity contribution in [2.75, 3.05) is 7.05 Å². The van der Waals surface area contributed by atoms with Crippen molar-refractivity contribution in [2.45, 2.75) is 37.5 Å². The third-order valence-electron chi connectivity index (χ3n) is 5.49. The summed E-state index contributed by atoms with van der Waals surface area (Å²) in [7, 11) is -1.56. The average molecular weight is 483 g/mol. The number of hydrogen-bond donors (Lipinski definition) is 1. The van der Waals surface area contributed by atoms with Gasteiger partial charge in [0.05, 0.1) is 27.7 Å². The molecule has 0 aliphatic rings. The summed E-state index contributed by atoms with van der Waals surface area (Å²) in [5.74, 6) is -0.0276. The van der Waals surface area contributed by atoms with Crippen LogP contribution in [0.5, 0.6) is 0 Å². The third kappa shape index (κ3) is 4.62. The number of halogens is 1. The van der Waals surface area contributed by atoms with Crippen molar-refractivity contribution in [3.8, 4) is 34.0 Å². The number of aromatic nitrogens is 3. The van der Waals surface area contributed by atoms with Gasteiger partial charge in [-0.25, -0.2) is 17.8 Å². The van der Waals surface area contributed by atoms with E-state index in [1.165, 1.54) is 6.07 Å². The summed E-state index contributed by atoms with van der Waals surface area (Å²) in [5.41, 5.74) is 3.88. The molecule has 0 amide bonds. The number of aryl methyl sites for hydroxylation is 1. The average Bonchev–Trinajstić information content (AvgIpc) is 3.29. The van der Waals surface area contributed by atoms with Crippen LogP contribution in [0.2, 0.25) is 0 Å². The van der Waals surface area contributed by atoms with E-state index in [1.54, 1.807) is 70.4 Å². The number of sulfone groups is 1. The monoisotopic (exact) mass is 482 g/mol. The maximum Gasteiger partial charge on any atom is 0.187 e. The van der Waals surface area contributed by atoms with Crippen LogP contribution in [0.15, 0.2) is 64.1 Å². The number of nitrogens with one attached hydrogen (secondary N) is 1. The SMILES string of the molecule is CNCc1ccc(-c2cc(-c3nc(-c4ccc(S(=O)(=O)C(C)C)cc4)cnc3C)on2)c(F)c1.[HH]. The molecule has 0 unspecified atom stereocenters. The molecule has 0 bridgehead atoms. The Bertz CT molecular complexity index is 1440. The highest BCUT2D eigenvalue weighted by Crippen LogP contribution is 2.30. The molecule has 7 nitrogen and oxygen atoms in total.